The summed E-state index contributed by atoms with van der Waals surface area (Å²) in [5, 5.41) is 20.4. The van der Waals surface area contributed by atoms with Crippen molar-refractivity contribution in [2.45, 2.75) is 26.4 Å². The predicted molar refractivity (Wildman–Crippen MR) is 139 cm³/mol. The van der Waals surface area contributed by atoms with Crippen molar-refractivity contribution >= 4 is 22.7 Å². The number of nitrogens with zero attached hydrogens (tertiary/aromatic N) is 1. The van der Waals surface area contributed by atoms with Gasteiger partial charge in [0, 0.05) is 36.3 Å². The Labute approximate surface area is 211 Å². The van der Waals surface area contributed by atoms with Gasteiger partial charge >= 0.3 is 0 Å². The minimum Gasteiger partial charge on any atom is -0.508 e. The highest BCUT2D eigenvalue weighted by Gasteiger charge is 2.31. The van der Waals surface area contributed by atoms with Crippen LogP contribution < -0.4 is 9.47 Å². The van der Waals surface area contributed by atoms with E-state index >= 15 is 0 Å². The first-order valence-electron chi connectivity index (χ1n) is 12.1. The van der Waals surface area contributed by atoms with Crippen molar-refractivity contribution in [2.24, 2.45) is 5.92 Å². The normalized spacial score (nSPS) is 18.1. The maximum atomic E-state index is 10.1. The molecule has 0 saturated carbocycles. The first kappa shape index (κ1) is 23.6. The van der Waals surface area contributed by atoms with Crippen molar-refractivity contribution < 1.29 is 19.7 Å². The second kappa shape index (κ2) is 9.84. The number of fused-ring (bicyclic) bond motifs is 1. The molecule has 0 aromatic heterocycles. The van der Waals surface area contributed by atoms with Crippen LogP contribution >= 0.6 is 11.6 Å². The Hall–Kier alpha value is -3.15. The summed E-state index contributed by atoms with van der Waals surface area (Å²) in [4.78, 5) is 2.43. The summed E-state index contributed by atoms with van der Waals surface area (Å²) in [7, 11) is 0. The van der Waals surface area contributed by atoms with Gasteiger partial charge < -0.3 is 19.7 Å². The molecule has 182 valence electrons. The smallest absolute Gasteiger partial charge is 0.150 e. The molecule has 1 saturated heterocycles. The monoisotopic (exact) mass is 491 g/mol. The van der Waals surface area contributed by atoms with E-state index in [2.05, 4.69) is 11.8 Å². The maximum Gasteiger partial charge on any atom is 0.150 e. The quantitative estimate of drug-likeness (QED) is 0.393. The third-order valence-electron chi connectivity index (χ3n) is 6.99. The average molecular weight is 492 g/mol. The van der Waals surface area contributed by atoms with Gasteiger partial charge in [-0.15, -0.1) is 0 Å². The lowest BCUT2D eigenvalue weighted by Gasteiger charge is -2.38. The number of allylic oxidation sites excluding steroid dienone is 1. The standard InChI is InChI=1S/C29H30ClNO4/c1-3-19-16-31(17-19)12-13-34-23-8-4-20(5-9-23)29-28(24-10-6-22(33)15-26(24)30)18(2)25-14-21(32)7-11-27(25)35-29/h4-11,14-15,19,29,32-33H,3,12-13,16-17H2,1-2H3. The number of hydrogen-bond donors (Lipinski definition) is 2. The van der Waals surface area contributed by atoms with Crippen molar-refractivity contribution in [1.82, 2.24) is 4.90 Å². The molecule has 0 aliphatic carbocycles. The van der Waals surface area contributed by atoms with Crippen LogP contribution in [0.3, 0.4) is 0 Å². The van der Waals surface area contributed by atoms with E-state index in [-0.39, 0.29) is 11.5 Å². The largest absolute Gasteiger partial charge is 0.508 e. The Morgan fingerprint density at radius 3 is 2.40 bits per heavy atom. The van der Waals surface area contributed by atoms with Crippen molar-refractivity contribution in [2.75, 3.05) is 26.2 Å². The Kier molecular flexibility index (Phi) is 6.63. The first-order chi connectivity index (χ1) is 16.9. The summed E-state index contributed by atoms with van der Waals surface area (Å²) in [5.74, 6) is 2.64. The topological polar surface area (TPSA) is 62.2 Å². The van der Waals surface area contributed by atoms with Crippen LogP contribution in [0.25, 0.3) is 11.1 Å². The molecule has 0 amide bonds. The van der Waals surface area contributed by atoms with E-state index < -0.39 is 6.10 Å². The molecule has 2 aliphatic heterocycles. The zero-order valence-corrected chi connectivity index (χ0v) is 20.8. The molecule has 0 spiro atoms. The van der Waals surface area contributed by atoms with E-state index in [9.17, 15) is 10.2 Å². The van der Waals surface area contributed by atoms with Crippen LogP contribution in [0.5, 0.6) is 23.0 Å². The lowest BCUT2D eigenvalue weighted by atomic mass is 9.86. The number of aromatic hydroxyl groups is 2. The van der Waals surface area contributed by atoms with Crippen LogP contribution in [0, 0.1) is 5.92 Å². The summed E-state index contributed by atoms with van der Waals surface area (Å²) in [6.45, 7) is 8.20. The summed E-state index contributed by atoms with van der Waals surface area (Å²) in [6, 6.07) is 18.0. The van der Waals surface area contributed by atoms with Crippen LogP contribution in [0.15, 0.2) is 60.7 Å². The second-order valence-electron chi connectivity index (χ2n) is 9.33. The second-order valence-corrected chi connectivity index (χ2v) is 9.74. The minimum atomic E-state index is -0.407. The van der Waals surface area contributed by atoms with Gasteiger partial charge in [-0.05, 0) is 72.5 Å². The summed E-state index contributed by atoms with van der Waals surface area (Å²) < 4.78 is 12.4. The molecular weight excluding hydrogens is 462 g/mol. The molecular formula is C29H30ClNO4. The van der Waals surface area contributed by atoms with Gasteiger partial charge in [0.1, 0.15) is 35.7 Å². The van der Waals surface area contributed by atoms with Gasteiger partial charge in [0.25, 0.3) is 0 Å². The molecule has 2 N–H and O–H groups in total. The number of phenols is 2. The summed E-state index contributed by atoms with van der Waals surface area (Å²) >= 11 is 6.56. The highest BCUT2D eigenvalue weighted by molar-refractivity contribution is 6.33. The number of benzene rings is 3. The van der Waals surface area contributed by atoms with E-state index in [1.54, 1.807) is 30.3 Å². The van der Waals surface area contributed by atoms with E-state index in [4.69, 9.17) is 21.1 Å². The number of rotatable bonds is 7. The van der Waals surface area contributed by atoms with Gasteiger partial charge in [-0.25, -0.2) is 0 Å². The number of ether oxygens (including phenoxy) is 2. The molecule has 2 heterocycles. The van der Waals surface area contributed by atoms with E-state index in [1.165, 1.54) is 25.6 Å². The van der Waals surface area contributed by atoms with Crippen LogP contribution in [0.1, 0.15) is 43.1 Å². The summed E-state index contributed by atoms with van der Waals surface area (Å²) in [6.07, 6.45) is 0.842. The van der Waals surface area contributed by atoms with Crippen LogP contribution in [-0.4, -0.2) is 41.4 Å². The Morgan fingerprint density at radius 2 is 1.69 bits per heavy atom. The van der Waals surface area contributed by atoms with Gasteiger partial charge in [-0.3, -0.25) is 4.90 Å². The number of likely N-dealkylation sites (tertiary alicyclic amines) is 1. The minimum absolute atomic E-state index is 0.105. The molecule has 1 atom stereocenters. The SMILES string of the molecule is CCC1CN(CCOc2ccc(C3Oc4ccc(O)cc4C(C)=C3c3ccc(O)cc3Cl)cc2)C1. The maximum absolute atomic E-state index is 10.1. The van der Waals surface area contributed by atoms with Crippen molar-refractivity contribution in [1.29, 1.82) is 0 Å². The van der Waals surface area contributed by atoms with Crippen molar-refractivity contribution in [3.63, 3.8) is 0 Å². The predicted octanol–water partition coefficient (Wildman–Crippen LogP) is 6.54. The fourth-order valence-corrected chi connectivity index (χ4v) is 5.17. The zero-order chi connectivity index (χ0) is 24.5. The van der Waals surface area contributed by atoms with Crippen molar-refractivity contribution in [3.8, 4) is 23.0 Å². The Balaban J connectivity index is 1.40. The van der Waals surface area contributed by atoms with E-state index in [0.717, 1.165) is 46.0 Å². The lowest BCUT2D eigenvalue weighted by molar-refractivity contribution is 0.0806. The fraction of sp³-hybridized carbons (Fsp3) is 0.310. The molecule has 0 radical (unpaired) electrons. The third-order valence-corrected chi connectivity index (χ3v) is 7.30. The van der Waals surface area contributed by atoms with E-state index in [1.807, 2.05) is 31.2 Å². The lowest BCUT2D eigenvalue weighted by Crippen LogP contribution is -2.47. The van der Waals surface area contributed by atoms with Gasteiger partial charge in [0.05, 0.1) is 5.02 Å². The molecule has 5 nitrogen and oxygen atoms in total. The third kappa shape index (κ3) is 4.84. The van der Waals surface area contributed by atoms with Gasteiger partial charge in [-0.2, -0.15) is 0 Å². The molecule has 0 bridgehead atoms. The fourth-order valence-electron chi connectivity index (χ4n) is 4.89. The van der Waals surface area contributed by atoms with Gasteiger partial charge in [0.15, 0.2) is 0 Å². The number of phenolic OH excluding ortho intramolecular Hbond substituents is 2. The number of halogens is 1. The van der Waals surface area contributed by atoms with Gasteiger partial charge in [0.2, 0.25) is 0 Å². The molecule has 6 heteroatoms. The Bertz CT molecular complexity index is 1250. The molecule has 35 heavy (non-hydrogen) atoms. The molecule has 2 aliphatic rings. The zero-order valence-electron chi connectivity index (χ0n) is 20.0. The van der Waals surface area contributed by atoms with Gasteiger partial charge in [-0.1, -0.05) is 37.1 Å². The molecule has 5 rings (SSSR count). The van der Waals surface area contributed by atoms with Crippen LogP contribution in [-0.2, 0) is 0 Å². The molecule has 3 aromatic carbocycles. The molecule has 3 aromatic rings. The molecule has 1 fully saturated rings. The van der Waals surface area contributed by atoms with Crippen LogP contribution in [0.2, 0.25) is 5.02 Å². The average Bonchev–Trinajstić information content (AvgIpc) is 2.82. The van der Waals surface area contributed by atoms with E-state index in [0.29, 0.717) is 17.4 Å². The highest BCUT2D eigenvalue weighted by Crippen LogP contribution is 2.49. The summed E-state index contributed by atoms with van der Waals surface area (Å²) in [5.41, 5.74) is 4.41. The first-order valence-corrected chi connectivity index (χ1v) is 12.5. The van der Waals surface area contributed by atoms with Crippen molar-refractivity contribution in [3.05, 3.63) is 82.4 Å². The molecule has 1 unspecified atom stereocenters. The number of hydrogen-bond acceptors (Lipinski definition) is 5. The highest BCUT2D eigenvalue weighted by atomic mass is 35.5. The Morgan fingerprint density at radius 1 is 0.971 bits per heavy atom. The van der Waals surface area contributed by atoms with Crippen LogP contribution in [0.4, 0.5) is 0 Å².